The minimum Gasteiger partial charge on any atom is -0.508 e. The van der Waals surface area contributed by atoms with Crippen molar-refractivity contribution in [1.82, 2.24) is 5.32 Å². The van der Waals surface area contributed by atoms with E-state index in [4.69, 9.17) is 4.74 Å². The molecule has 6 nitrogen and oxygen atoms in total. The third kappa shape index (κ3) is 2.02. The lowest BCUT2D eigenvalue weighted by Gasteiger charge is -2.10. The summed E-state index contributed by atoms with van der Waals surface area (Å²) in [5.74, 6) is -1.35. The van der Waals surface area contributed by atoms with Gasteiger partial charge in [0.25, 0.3) is 5.91 Å². The minimum atomic E-state index is -0.753. The second-order valence-corrected chi connectivity index (χ2v) is 4.31. The van der Waals surface area contributed by atoms with Gasteiger partial charge in [-0.15, -0.1) is 0 Å². The summed E-state index contributed by atoms with van der Waals surface area (Å²) in [5, 5.41) is 11.6. The zero-order valence-electron chi connectivity index (χ0n) is 9.62. The third-order valence-electron chi connectivity index (χ3n) is 2.94. The molecule has 6 heteroatoms. The van der Waals surface area contributed by atoms with Gasteiger partial charge in [-0.3, -0.25) is 14.4 Å². The van der Waals surface area contributed by atoms with Crippen LogP contribution in [-0.4, -0.2) is 34.8 Å². The SMILES string of the molecule is O=C(NC1=CC(=O)C2OC2C1=O)c1cccc(O)c1. The molecule has 0 spiro atoms. The number of hydrogen-bond donors (Lipinski definition) is 2. The number of ketones is 2. The Labute approximate surface area is 107 Å². The molecule has 2 N–H and O–H groups in total. The number of epoxide rings is 1. The Bertz CT molecular complexity index is 634. The highest BCUT2D eigenvalue weighted by Gasteiger charge is 2.53. The molecule has 0 bridgehead atoms. The van der Waals surface area contributed by atoms with Crippen molar-refractivity contribution in [2.75, 3.05) is 0 Å². The van der Waals surface area contributed by atoms with Crippen LogP contribution in [0, 0.1) is 0 Å². The van der Waals surface area contributed by atoms with Crippen LogP contribution in [0.3, 0.4) is 0 Å². The monoisotopic (exact) mass is 259 g/mol. The van der Waals surface area contributed by atoms with E-state index >= 15 is 0 Å². The number of aromatic hydroxyl groups is 1. The fraction of sp³-hybridized carbons (Fsp3) is 0.154. The van der Waals surface area contributed by atoms with Gasteiger partial charge >= 0.3 is 0 Å². The minimum absolute atomic E-state index is 0.0572. The zero-order chi connectivity index (χ0) is 13.6. The first-order valence-corrected chi connectivity index (χ1v) is 5.62. The van der Waals surface area contributed by atoms with Crippen LogP contribution < -0.4 is 5.32 Å². The molecule has 2 aliphatic rings. The van der Waals surface area contributed by atoms with Gasteiger partial charge in [0, 0.05) is 11.6 Å². The number of phenolic OH excluding ortho intramolecular Hbond substituents is 1. The van der Waals surface area contributed by atoms with Gasteiger partial charge in [0.05, 0.1) is 5.70 Å². The summed E-state index contributed by atoms with van der Waals surface area (Å²) < 4.78 is 4.90. The van der Waals surface area contributed by atoms with Crippen LogP contribution in [0.15, 0.2) is 36.0 Å². The maximum Gasteiger partial charge on any atom is 0.255 e. The van der Waals surface area contributed by atoms with Crippen LogP contribution in [0.25, 0.3) is 0 Å². The van der Waals surface area contributed by atoms with Gasteiger partial charge in [-0.1, -0.05) is 6.07 Å². The van der Waals surface area contributed by atoms with E-state index < -0.39 is 23.9 Å². The van der Waals surface area contributed by atoms with Gasteiger partial charge in [-0.2, -0.15) is 0 Å². The lowest BCUT2D eigenvalue weighted by molar-refractivity contribution is -0.119. The van der Waals surface area contributed by atoms with E-state index in [1.54, 1.807) is 0 Å². The molecule has 1 aromatic carbocycles. The highest BCUT2D eigenvalue weighted by molar-refractivity contribution is 6.17. The average molecular weight is 259 g/mol. The standard InChI is InChI=1S/C13H9NO5/c15-7-3-1-2-6(4-7)13(18)14-8-5-9(16)11-12(19-11)10(8)17/h1-5,11-12,15H,(H,14,18). The fourth-order valence-corrected chi connectivity index (χ4v) is 1.92. The molecule has 1 fully saturated rings. The number of phenols is 1. The zero-order valence-corrected chi connectivity index (χ0v) is 9.62. The second kappa shape index (κ2) is 4.03. The predicted molar refractivity (Wildman–Crippen MR) is 62.3 cm³/mol. The Morgan fingerprint density at radius 3 is 2.79 bits per heavy atom. The van der Waals surface area contributed by atoms with Gasteiger partial charge in [0.2, 0.25) is 5.78 Å². The summed E-state index contributed by atoms with van der Waals surface area (Å²) in [6.07, 6.45) is -0.345. The number of carbonyl (C=O) groups is 3. The lowest BCUT2D eigenvalue weighted by atomic mass is 10.0. The topological polar surface area (TPSA) is 96.0 Å². The summed E-state index contributed by atoms with van der Waals surface area (Å²) in [7, 11) is 0. The van der Waals surface area contributed by atoms with Crippen LogP contribution in [0.1, 0.15) is 10.4 Å². The molecule has 1 amide bonds. The molecule has 1 aliphatic heterocycles. The molecule has 96 valence electrons. The first-order valence-electron chi connectivity index (χ1n) is 5.62. The van der Waals surface area contributed by atoms with Crippen molar-refractivity contribution in [3.63, 3.8) is 0 Å². The van der Waals surface area contributed by atoms with Gasteiger partial charge < -0.3 is 15.2 Å². The highest BCUT2D eigenvalue weighted by Crippen LogP contribution is 2.30. The smallest absolute Gasteiger partial charge is 0.255 e. The number of amides is 1. The molecule has 1 aromatic rings. The maximum absolute atomic E-state index is 11.9. The van der Waals surface area contributed by atoms with Crippen molar-refractivity contribution in [2.45, 2.75) is 12.2 Å². The molecular weight excluding hydrogens is 250 g/mol. The molecule has 19 heavy (non-hydrogen) atoms. The first-order chi connectivity index (χ1) is 9.06. The molecule has 2 atom stereocenters. The lowest BCUT2D eigenvalue weighted by Crippen LogP contribution is -2.34. The second-order valence-electron chi connectivity index (χ2n) is 4.31. The van der Waals surface area contributed by atoms with Crippen LogP contribution in [0.2, 0.25) is 0 Å². The van der Waals surface area contributed by atoms with Crippen molar-refractivity contribution in [3.05, 3.63) is 41.6 Å². The van der Waals surface area contributed by atoms with Crippen molar-refractivity contribution < 1.29 is 24.2 Å². The van der Waals surface area contributed by atoms with E-state index in [2.05, 4.69) is 5.32 Å². The molecule has 3 rings (SSSR count). The normalized spacial score (nSPS) is 24.5. The molecule has 1 heterocycles. The Hall–Kier alpha value is -2.47. The van der Waals surface area contributed by atoms with E-state index in [9.17, 15) is 19.5 Å². The van der Waals surface area contributed by atoms with E-state index in [0.29, 0.717) is 0 Å². The van der Waals surface area contributed by atoms with Crippen molar-refractivity contribution in [3.8, 4) is 5.75 Å². The van der Waals surface area contributed by atoms with Crippen molar-refractivity contribution in [2.24, 2.45) is 0 Å². The molecule has 1 aliphatic carbocycles. The summed E-state index contributed by atoms with van der Waals surface area (Å²) in [5.41, 5.74) is 0.122. The molecule has 2 unspecified atom stereocenters. The number of carbonyl (C=O) groups excluding carboxylic acids is 3. The summed E-state index contributed by atoms with van der Waals surface area (Å²) in [6, 6.07) is 5.68. The molecule has 0 radical (unpaired) electrons. The summed E-state index contributed by atoms with van der Waals surface area (Å²) >= 11 is 0. The molecule has 0 saturated carbocycles. The largest absolute Gasteiger partial charge is 0.508 e. The highest BCUT2D eigenvalue weighted by atomic mass is 16.6. The Morgan fingerprint density at radius 1 is 1.26 bits per heavy atom. The Balaban J connectivity index is 1.80. The van der Waals surface area contributed by atoms with Crippen LogP contribution >= 0.6 is 0 Å². The number of benzene rings is 1. The van der Waals surface area contributed by atoms with Crippen molar-refractivity contribution >= 4 is 17.5 Å². The number of ether oxygens (including phenoxy) is 1. The van der Waals surface area contributed by atoms with Gasteiger partial charge in [-0.25, -0.2) is 0 Å². The van der Waals surface area contributed by atoms with E-state index in [1.165, 1.54) is 24.3 Å². The molecular formula is C13H9NO5. The number of nitrogens with one attached hydrogen (secondary N) is 1. The fourth-order valence-electron chi connectivity index (χ4n) is 1.92. The maximum atomic E-state index is 11.9. The summed E-state index contributed by atoms with van der Waals surface area (Å²) in [6.45, 7) is 0. The average Bonchev–Trinajstić information content (AvgIpc) is 3.16. The number of fused-ring (bicyclic) bond motifs is 1. The Morgan fingerprint density at radius 2 is 2.05 bits per heavy atom. The van der Waals surface area contributed by atoms with E-state index in [0.717, 1.165) is 6.08 Å². The number of rotatable bonds is 2. The Kier molecular flexibility index (Phi) is 2.46. The quantitative estimate of drug-likeness (QED) is 0.724. The van der Waals surface area contributed by atoms with Crippen LogP contribution in [0.5, 0.6) is 5.75 Å². The number of Topliss-reactive ketones (excluding diaryl/α,β-unsaturated/α-hetero) is 1. The first kappa shape index (κ1) is 11.6. The van der Waals surface area contributed by atoms with Gasteiger partial charge in [-0.05, 0) is 18.2 Å². The molecule has 1 saturated heterocycles. The predicted octanol–water partition coefficient (Wildman–Crippen LogP) is -0.0749. The molecule has 0 aromatic heterocycles. The van der Waals surface area contributed by atoms with Gasteiger partial charge in [0.1, 0.15) is 5.75 Å². The van der Waals surface area contributed by atoms with E-state index in [1.807, 2.05) is 0 Å². The number of hydrogen-bond acceptors (Lipinski definition) is 5. The third-order valence-corrected chi connectivity index (χ3v) is 2.94. The van der Waals surface area contributed by atoms with Crippen LogP contribution in [0.4, 0.5) is 0 Å². The van der Waals surface area contributed by atoms with Crippen LogP contribution in [-0.2, 0) is 14.3 Å². The van der Waals surface area contributed by atoms with Gasteiger partial charge in [0.15, 0.2) is 18.0 Å². The van der Waals surface area contributed by atoms with Crippen molar-refractivity contribution in [1.29, 1.82) is 0 Å². The van der Waals surface area contributed by atoms with E-state index in [-0.39, 0.29) is 22.8 Å². The summed E-state index contributed by atoms with van der Waals surface area (Å²) in [4.78, 5) is 35.0.